The van der Waals surface area contributed by atoms with E-state index in [2.05, 4.69) is 29.2 Å². The summed E-state index contributed by atoms with van der Waals surface area (Å²) in [5.41, 5.74) is 5.20. The summed E-state index contributed by atoms with van der Waals surface area (Å²) in [6.07, 6.45) is 0. The zero-order valence-corrected chi connectivity index (χ0v) is 14.1. The fraction of sp³-hybridized carbons (Fsp3) is 0.0909. The first-order valence-electron chi connectivity index (χ1n) is 8.62. The Hall–Kier alpha value is -3.40. The van der Waals surface area contributed by atoms with E-state index in [1.165, 1.54) is 16.0 Å². The smallest absolute Gasteiger partial charge is 0.266 e. The molecular weight excluding hydrogens is 324 g/mol. The minimum atomic E-state index is -0.257. The number of carbonyl (C=O) groups excluding carboxylic acids is 2. The third-order valence-electron chi connectivity index (χ3n) is 5.09. The van der Waals surface area contributed by atoms with Crippen LogP contribution in [0, 0.1) is 0 Å². The molecule has 0 saturated heterocycles. The van der Waals surface area contributed by atoms with E-state index in [1.54, 1.807) is 24.3 Å². The monoisotopic (exact) mass is 340 g/mol. The van der Waals surface area contributed by atoms with Crippen molar-refractivity contribution in [1.29, 1.82) is 0 Å². The van der Waals surface area contributed by atoms with E-state index in [1.807, 2.05) is 24.3 Å². The molecule has 0 unspecified atom stereocenters. The minimum absolute atomic E-state index is 0.257. The van der Waals surface area contributed by atoms with Gasteiger partial charge in [-0.25, -0.2) is 4.90 Å². The van der Waals surface area contributed by atoms with Gasteiger partial charge in [0.15, 0.2) is 0 Å². The van der Waals surface area contributed by atoms with Crippen LogP contribution in [0.3, 0.4) is 0 Å². The molecule has 3 aromatic carbocycles. The van der Waals surface area contributed by atoms with Crippen LogP contribution in [0.15, 0.2) is 72.8 Å². The van der Waals surface area contributed by atoms with Gasteiger partial charge in [0.2, 0.25) is 0 Å². The third kappa shape index (κ3) is 2.15. The van der Waals surface area contributed by atoms with E-state index in [0.29, 0.717) is 16.8 Å². The second-order valence-electron chi connectivity index (χ2n) is 6.64. The zero-order chi connectivity index (χ0) is 17.7. The molecule has 0 spiro atoms. The molecule has 2 amide bonds. The Bertz CT molecular complexity index is 997. The van der Waals surface area contributed by atoms with E-state index in [-0.39, 0.29) is 11.8 Å². The molecular formula is C22H16N2O2. The molecule has 2 aliphatic rings. The van der Waals surface area contributed by atoms with Crippen LogP contribution < -0.4 is 9.80 Å². The number of carbonyl (C=O) groups is 2. The van der Waals surface area contributed by atoms with Gasteiger partial charge in [-0.1, -0.05) is 42.5 Å². The first kappa shape index (κ1) is 14.9. The van der Waals surface area contributed by atoms with Crippen LogP contribution in [-0.4, -0.2) is 11.8 Å². The van der Waals surface area contributed by atoms with Crippen LogP contribution in [0.2, 0.25) is 0 Å². The summed E-state index contributed by atoms with van der Waals surface area (Å²) in [7, 11) is 0. The van der Waals surface area contributed by atoms with Crippen LogP contribution >= 0.6 is 0 Å². The SMILES string of the molecule is O=C1c2ccccc2C(=O)N1c1cccc(N2Cc3ccccc3C2)c1. The summed E-state index contributed by atoms with van der Waals surface area (Å²) >= 11 is 0. The maximum atomic E-state index is 12.7. The van der Waals surface area contributed by atoms with Crippen molar-refractivity contribution in [3.63, 3.8) is 0 Å². The van der Waals surface area contributed by atoms with Crippen molar-refractivity contribution in [1.82, 2.24) is 0 Å². The molecule has 4 heteroatoms. The largest absolute Gasteiger partial charge is 0.363 e. The Morgan fingerprint density at radius 2 is 1.15 bits per heavy atom. The standard InChI is InChI=1S/C22H16N2O2/c25-21-19-10-3-4-11-20(19)22(26)24(21)18-9-5-8-17(12-18)23-13-15-6-1-2-7-16(15)14-23/h1-12H,13-14H2. The summed E-state index contributed by atoms with van der Waals surface area (Å²) in [4.78, 5) is 29.0. The summed E-state index contributed by atoms with van der Waals surface area (Å²) in [5, 5.41) is 0. The molecule has 2 aliphatic heterocycles. The number of anilines is 2. The molecule has 0 N–H and O–H groups in total. The number of nitrogens with zero attached hydrogens (tertiary/aromatic N) is 2. The molecule has 0 bridgehead atoms. The maximum absolute atomic E-state index is 12.7. The summed E-state index contributed by atoms with van der Waals surface area (Å²) in [6.45, 7) is 1.67. The van der Waals surface area contributed by atoms with E-state index in [0.717, 1.165) is 18.8 Å². The fourth-order valence-corrected chi connectivity index (χ4v) is 3.77. The van der Waals surface area contributed by atoms with Crippen molar-refractivity contribution in [2.45, 2.75) is 13.1 Å². The number of fused-ring (bicyclic) bond motifs is 2. The summed E-state index contributed by atoms with van der Waals surface area (Å²) < 4.78 is 0. The van der Waals surface area contributed by atoms with Crippen molar-refractivity contribution in [3.05, 3.63) is 95.1 Å². The van der Waals surface area contributed by atoms with Crippen molar-refractivity contribution in [3.8, 4) is 0 Å². The highest BCUT2D eigenvalue weighted by atomic mass is 16.2. The second-order valence-corrected chi connectivity index (χ2v) is 6.64. The average molecular weight is 340 g/mol. The van der Waals surface area contributed by atoms with Gasteiger partial charge in [-0.3, -0.25) is 9.59 Å². The summed E-state index contributed by atoms with van der Waals surface area (Å²) in [5.74, 6) is -0.514. The molecule has 4 nitrogen and oxygen atoms in total. The highest BCUT2D eigenvalue weighted by Gasteiger charge is 2.36. The van der Waals surface area contributed by atoms with Crippen molar-refractivity contribution in [2.24, 2.45) is 0 Å². The van der Waals surface area contributed by atoms with Gasteiger partial charge in [0.25, 0.3) is 11.8 Å². The molecule has 0 aromatic heterocycles. The average Bonchev–Trinajstić information content (AvgIpc) is 3.22. The normalized spacial score (nSPS) is 15.4. The Morgan fingerprint density at radius 3 is 1.77 bits per heavy atom. The van der Waals surface area contributed by atoms with Crippen LogP contribution in [0.25, 0.3) is 0 Å². The summed E-state index contributed by atoms with van der Waals surface area (Å²) in [6, 6.07) is 23.0. The van der Waals surface area contributed by atoms with Gasteiger partial charge in [-0.15, -0.1) is 0 Å². The molecule has 0 radical (unpaired) electrons. The lowest BCUT2D eigenvalue weighted by Gasteiger charge is -2.21. The molecule has 0 atom stereocenters. The van der Waals surface area contributed by atoms with Crippen molar-refractivity contribution in [2.75, 3.05) is 9.80 Å². The van der Waals surface area contributed by atoms with Crippen molar-refractivity contribution >= 4 is 23.2 Å². The van der Waals surface area contributed by atoms with Gasteiger partial charge >= 0.3 is 0 Å². The topological polar surface area (TPSA) is 40.6 Å². The van der Waals surface area contributed by atoms with Gasteiger partial charge in [0.05, 0.1) is 16.8 Å². The molecule has 0 saturated carbocycles. The van der Waals surface area contributed by atoms with Crippen molar-refractivity contribution < 1.29 is 9.59 Å². The number of imide groups is 1. The predicted molar refractivity (Wildman–Crippen MR) is 100 cm³/mol. The van der Waals surface area contributed by atoms with E-state index < -0.39 is 0 Å². The van der Waals surface area contributed by atoms with Crippen LogP contribution in [-0.2, 0) is 13.1 Å². The molecule has 26 heavy (non-hydrogen) atoms. The first-order chi connectivity index (χ1) is 12.7. The fourth-order valence-electron chi connectivity index (χ4n) is 3.77. The number of benzene rings is 3. The number of hydrogen-bond acceptors (Lipinski definition) is 3. The maximum Gasteiger partial charge on any atom is 0.266 e. The van der Waals surface area contributed by atoms with Gasteiger partial charge in [0, 0.05) is 18.8 Å². The Kier molecular flexibility index (Phi) is 3.19. The quantitative estimate of drug-likeness (QED) is 0.662. The third-order valence-corrected chi connectivity index (χ3v) is 5.09. The number of hydrogen-bond donors (Lipinski definition) is 0. The molecule has 5 rings (SSSR count). The molecule has 126 valence electrons. The van der Waals surface area contributed by atoms with E-state index >= 15 is 0 Å². The highest BCUT2D eigenvalue weighted by molar-refractivity contribution is 6.34. The van der Waals surface area contributed by atoms with Gasteiger partial charge in [0.1, 0.15) is 0 Å². The van der Waals surface area contributed by atoms with Crippen LogP contribution in [0.4, 0.5) is 11.4 Å². The van der Waals surface area contributed by atoms with Crippen LogP contribution in [0.5, 0.6) is 0 Å². The second kappa shape index (κ2) is 5.56. The lowest BCUT2D eigenvalue weighted by molar-refractivity contribution is 0.0926. The number of rotatable bonds is 2. The van der Waals surface area contributed by atoms with Crippen LogP contribution in [0.1, 0.15) is 31.8 Å². The number of amides is 2. The highest BCUT2D eigenvalue weighted by Crippen LogP contribution is 2.33. The first-order valence-corrected chi connectivity index (χ1v) is 8.62. The Morgan fingerprint density at radius 1 is 0.615 bits per heavy atom. The van der Waals surface area contributed by atoms with Gasteiger partial charge in [-0.05, 0) is 41.5 Å². The van der Waals surface area contributed by atoms with E-state index in [9.17, 15) is 9.59 Å². The molecule has 0 fully saturated rings. The zero-order valence-electron chi connectivity index (χ0n) is 14.1. The van der Waals surface area contributed by atoms with E-state index in [4.69, 9.17) is 0 Å². The van der Waals surface area contributed by atoms with Gasteiger partial charge < -0.3 is 4.90 Å². The van der Waals surface area contributed by atoms with Gasteiger partial charge in [-0.2, -0.15) is 0 Å². The molecule has 3 aromatic rings. The lowest BCUT2D eigenvalue weighted by Crippen LogP contribution is -2.29. The predicted octanol–water partition coefficient (Wildman–Crippen LogP) is 4.01. The minimum Gasteiger partial charge on any atom is -0.363 e. The Labute approximate surface area is 151 Å². The molecule has 0 aliphatic carbocycles. The molecule has 2 heterocycles. The Balaban J connectivity index is 1.49. The lowest BCUT2D eigenvalue weighted by atomic mass is 10.1.